The lowest BCUT2D eigenvalue weighted by Crippen LogP contribution is -2.40. The molecular weight excluding hydrogens is 224 g/mol. The standard InChI is InChI=1S/C15H30N2O/c1-13(12-14-6-2-4-9-17-14)16-10-8-15-7-3-5-11-18-15/h13-17H,2-12H2,1H3. The Labute approximate surface area is 112 Å². The van der Waals surface area contributed by atoms with Crippen LogP contribution < -0.4 is 10.6 Å². The van der Waals surface area contributed by atoms with Gasteiger partial charge in [-0.25, -0.2) is 0 Å². The number of nitrogens with one attached hydrogen (secondary N) is 2. The predicted molar refractivity (Wildman–Crippen MR) is 75.9 cm³/mol. The molecule has 2 N–H and O–H groups in total. The summed E-state index contributed by atoms with van der Waals surface area (Å²) in [4.78, 5) is 0. The first-order valence-corrected chi connectivity index (χ1v) is 7.93. The fraction of sp³-hybridized carbons (Fsp3) is 1.00. The van der Waals surface area contributed by atoms with Gasteiger partial charge in [0.1, 0.15) is 0 Å². The smallest absolute Gasteiger partial charge is 0.0587 e. The molecule has 18 heavy (non-hydrogen) atoms. The summed E-state index contributed by atoms with van der Waals surface area (Å²) in [6.07, 6.45) is 11.0. The molecule has 3 nitrogen and oxygen atoms in total. The molecule has 0 aromatic carbocycles. The Morgan fingerprint density at radius 2 is 2.11 bits per heavy atom. The fourth-order valence-electron chi connectivity index (χ4n) is 3.16. The second-order valence-corrected chi connectivity index (χ2v) is 6.01. The van der Waals surface area contributed by atoms with Gasteiger partial charge in [-0.3, -0.25) is 0 Å². The van der Waals surface area contributed by atoms with Gasteiger partial charge in [-0.15, -0.1) is 0 Å². The van der Waals surface area contributed by atoms with Crippen LogP contribution in [0.3, 0.4) is 0 Å². The van der Waals surface area contributed by atoms with Crippen molar-refractivity contribution in [2.24, 2.45) is 0 Å². The highest BCUT2D eigenvalue weighted by molar-refractivity contribution is 4.77. The molecule has 3 atom stereocenters. The average Bonchev–Trinajstić information content (AvgIpc) is 2.41. The van der Waals surface area contributed by atoms with Gasteiger partial charge in [0, 0.05) is 18.7 Å². The highest BCUT2D eigenvalue weighted by Crippen LogP contribution is 2.15. The van der Waals surface area contributed by atoms with E-state index in [-0.39, 0.29) is 0 Å². The Morgan fingerprint density at radius 3 is 2.83 bits per heavy atom. The summed E-state index contributed by atoms with van der Waals surface area (Å²) in [6.45, 7) is 5.62. The first kappa shape index (κ1) is 14.3. The van der Waals surface area contributed by atoms with Crippen molar-refractivity contribution in [1.29, 1.82) is 0 Å². The van der Waals surface area contributed by atoms with E-state index in [1.807, 2.05) is 0 Å². The zero-order chi connectivity index (χ0) is 12.6. The van der Waals surface area contributed by atoms with Crippen LogP contribution in [0.2, 0.25) is 0 Å². The van der Waals surface area contributed by atoms with Crippen molar-refractivity contribution in [2.45, 2.75) is 76.5 Å². The Kier molecular flexibility index (Phi) is 6.46. The largest absolute Gasteiger partial charge is 0.378 e. The molecule has 0 aliphatic carbocycles. The maximum atomic E-state index is 5.76. The van der Waals surface area contributed by atoms with E-state index in [2.05, 4.69) is 17.6 Å². The highest BCUT2D eigenvalue weighted by Gasteiger charge is 2.16. The summed E-state index contributed by atoms with van der Waals surface area (Å²) in [7, 11) is 0. The molecule has 2 rings (SSSR count). The molecule has 3 unspecified atom stereocenters. The van der Waals surface area contributed by atoms with Gasteiger partial charge in [-0.1, -0.05) is 6.42 Å². The van der Waals surface area contributed by atoms with E-state index in [1.54, 1.807) is 0 Å². The van der Waals surface area contributed by atoms with E-state index < -0.39 is 0 Å². The van der Waals surface area contributed by atoms with Crippen molar-refractivity contribution < 1.29 is 4.74 Å². The third kappa shape index (κ3) is 5.25. The lowest BCUT2D eigenvalue weighted by atomic mass is 9.98. The summed E-state index contributed by atoms with van der Waals surface area (Å²) in [5, 5.41) is 7.28. The maximum absolute atomic E-state index is 5.76. The van der Waals surface area contributed by atoms with Crippen molar-refractivity contribution in [3.63, 3.8) is 0 Å². The first-order chi connectivity index (χ1) is 8.84. The van der Waals surface area contributed by atoms with Gasteiger partial charge >= 0.3 is 0 Å². The van der Waals surface area contributed by atoms with Gasteiger partial charge < -0.3 is 15.4 Å². The molecule has 2 heterocycles. The van der Waals surface area contributed by atoms with Crippen molar-refractivity contribution in [1.82, 2.24) is 10.6 Å². The number of piperidine rings is 1. The van der Waals surface area contributed by atoms with Gasteiger partial charge in [0.15, 0.2) is 0 Å². The summed E-state index contributed by atoms with van der Waals surface area (Å²) < 4.78 is 5.76. The summed E-state index contributed by atoms with van der Waals surface area (Å²) in [5.41, 5.74) is 0. The lowest BCUT2D eigenvalue weighted by molar-refractivity contribution is 0.0112. The average molecular weight is 254 g/mol. The van der Waals surface area contributed by atoms with Crippen LogP contribution in [0.1, 0.15) is 58.3 Å². The second-order valence-electron chi connectivity index (χ2n) is 6.01. The van der Waals surface area contributed by atoms with Crippen LogP contribution in [0.5, 0.6) is 0 Å². The van der Waals surface area contributed by atoms with E-state index in [9.17, 15) is 0 Å². The van der Waals surface area contributed by atoms with Gasteiger partial charge in [-0.05, 0) is 65.0 Å². The third-order valence-corrected chi connectivity index (χ3v) is 4.28. The zero-order valence-electron chi connectivity index (χ0n) is 11.9. The van der Waals surface area contributed by atoms with E-state index in [4.69, 9.17) is 4.74 Å². The maximum Gasteiger partial charge on any atom is 0.0587 e. The molecule has 0 saturated carbocycles. The molecule has 2 fully saturated rings. The van der Waals surface area contributed by atoms with Gasteiger partial charge in [0.2, 0.25) is 0 Å². The molecule has 2 aliphatic rings. The minimum absolute atomic E-state index is 0.520. The van der Waals surface area contributed by atoms with Crippen LogP contribution in [-0.4, -0.2) is 37.9 Å². The van der Waals surface area contributed by atoms with Crippen LogP contribution in [0.25, 0.3) is 0 Å². The second kappa shape index (κ2) is 8.13. The molecule has 0 aromatic rings. The third-order valence-electron chi connectivity index (χ3n) is 4.28. The highest BCUT2D eigenvalue weighted by atomic mass is 16.5. The van der Waals surface area contributed by atoms with E-state index in [1.165, 1.54) is 57.9 Å². The topological polar surface area (TPSA) is 33.3 Å². The van der Waals surface area contributed by atoms with Crippen molar-refractivity contribution in [3.05, 3.63) is 0 Å². The van der Waals surface area contributed by atoms with Gasteiger partial charge in [0.25, 0.3) is 0 Å². The number of rotatable bonds is 6. The lowest BCUT2D eigenvalue weighted by Gasteiger charge is -2.27. The van der Waals surface area contributed by atoms with Crippen LogP contribution >= 0.6 is 0 Å². The van der Waals surface area contributed by atoms with Crippen LogP contribution in [-0.2, 0) is 4.74 Å². The number of ether oxygens (including phenoxy) is 1. The van der Waals surface area contributed by atoms with Crippen molar-refractivity contribution >= 4 is 0 Å². The Morgan fingerprint density at radius 1 is 1.22 bits per heavy atom. The summed E-state index contributed by atoms with van der Waals surface area (Å²) in [6, 6.07) is 1.37. The molecule has 0 bridgehead atoms. The molecule has 0 radical (unpaired) electrons. The number of hydrogen-bond donors (Lipinski definition) is 2. The zero-order valence-corrected chi connectivity index (χ0v) is 11.9. The SMILES string of the molecule is CC(CC1CCCCN1)NCCC1CCCCO1. The molecule has 0 aromatic heterocycles. The molecule has 2 saturated heterocycles. The minimum atomic E-state index is 0.520. The van der Waals surface area contributed by atoms with E-state index in [0.717, 1.165) is 19.2 Å². The first-order valence-electron chi connectivity index (χ1n) is 7.93. The molecule has 3 heteroatoms. The molecule has 2 aliphatic heterocycles. The van der Waals surface area contributed by atoms with Gasteiger partial charge in [0.05, 0.1) is 6.10 Å². The quantitative estimate of drug-likeness (QED) is 0.764. The molecule has 0 spiro atoms. The van der Waals surface area contributed by atoms with E-state index >= 15 is 0 Å². The van der Waals surface area contributed by atoms with Crippen LogP contribution in [0.15, 0.2) is 0 Å². The van der Waals surface area contributed by atoms with Gasteiger partial charge in [-0.2, -0.15) is 0 Å². The normalized spacial score (nSPS) is 31.2. The summed E-state index contributed by atoms with van der Waals surface area (Å²) >= 11 is 0. The Hall–Kier alpha value is -0.120. The van der Waals surface area contributed by atoms with Crippen LogP contribution in [0.4, 0.5) is 0 Å². The Bertz CT molecular complexity index is 211. The number of hydrogen-bond acceptors (Lipinski definition) is 3. The predicted octanol–water partition coefficient (Wildman–Crippen LogP) is 2.46. The van der Waals surface area contributed by atoms with Crippen LogP contribution in [0, 0.1) is 0 Å². The molecular formula is C15H30N2O. The molecule has 106 valence electrons. The van der Waals surface area contributed by atoms with Crippen molar-refractivity contribution in [2.75, 3.05) is 19.7 Å². The minimum Gasteiger partial charge on any atom is -0.378 e. The van der Waals surface area contributed by atoms with Crippen molar-refractivity contribution in [3.8, 4) is 0 Å². The Balaban J connectivity index is 1.52. The molecule has 0 amide bonds. The summed E-state index contributed by atoms with van der Waals surface area (Å²) in [5.74, 6) is 0. The van der Waals surface area contributed by atoms with E-state index in [0.29, 0.717) is 12.1 Å². The monoisotopic (exact) mass is 254 g/mol. The fourth-order valence-corrected chi connectivity index (χ4v) is 3.16.